The Morgan fingerprint density at radius 1 is 1.26 bits per heavy atom. The summed E-state index contributed by atoms with van der Waals surface area (Å²) in [7, 11) is 0.354. The number of aromatic nitrogens is 1. The van der Waals surface area contributed by atoms with E-state index in [0.717, 1.165) is 25.1 Å². The summed E-state index contributed by atoms with van der Waals surface area (Å²) in [6.45, 7) is 2.22. The monoisotopic (exact) mass is 392 g/mol. The topological polar surface area (TPSA) is 73.8 Å². The maximum Gasteiger partial charge on any atom is 0.230 e. The van der Waals surface area contributed by atoms with Crippen molar-refractivity contribution in [1.82, 2.24) is 14.2 Å². The Balaban J connectivity index is 1.66. The molecule has 3 aliphatic rings. The minimum absolute atomic E-state index is 0.0227. The molecule has 0 radical (unpaired) electrons. The first-order valence-electron chi connectivity index (χ1n) is 9.71. The largest absolute Gasteiger partial charge is 0.355 e. The molecular weight excluding hydrogens is 364 g/mol. The number of hydrogen-bond acceptors (Lipinski definition) is 5. The summed E-state index contributed by atoms with van der Waals surface area (Å²) in [6, 6.07) is 5.78. The standard InChI is InChI=1S/C19H28N4O3S/c1-21(2)18(24)19-9-5-11-23(27(25,26)16-7-8-16)13-15(19)12-22(14-19)17-6-3-4-10-20-17/h3-4,6,10,15-16H,5,7-9,11-14H2,1-2H3/t15-,19+/m1/s1. The van der Waals surface area contributed by atoms with Crippen molar-refractivity contribution < 1.29 is 13.2 Å². The van der Waals surface area contributed by atoms with E-state index in [0.29, 0.717) is 32.6 Å². The molecule has 1 aromatic heterocycles. The van der Waals surface area contributed by atoms with Crippen LogP contribution in [0.4, 0.5) is 5.82 Å². The number of pyridine rings is 1. The molecule has 1 saturated carbocycles. The average Bonchev–Trinajstić information content (AvgIpc) is 3.47. The fraction of sp³-hybridized carbons (Fsp3) is 0.684. The van der Waals surface area contributed by atoms with Gasteiger partial charge in [-0.3, -0.25) is 4.79 Å². The van der Waals surface area contributed by atoms with Gasteiger partial charge in [-0.25, -0.2) is 17.7 Å². The van der Waals surface area contributed by atoms with Crippen LogP contribution >= 0.6 is 0 Å². The molecule has 3 heterocycles. The summed E-state index contributed by atoms with van der Waals surface area (Å²) in [4.78, 5) is 21.5. The van der Waals surface area contributed by atoms with Crippen LogP contribution in [0.25, 0.3) is 0 Å². The molecule has 148 valence electrons. The van der Waals surface area contributed by atoms with E-state index < -0.39 is 15.4 Å². The van der Waals surface area contributed by atoms with Gasteiger partial charge in [0.15, 0.2) is 0 Å². The number of anilines is 1. The smallest absolute Gasteiger partial charge is 0.230 e. The van der Waals surface area contributed by atoms with Gasteiger partial charge >= 0.3 is 0 Å². The van der Waals surface area contributed by atoms with E-state index in [-0.39, 0.29) is 17.1 Å². The van der Waals surface area contributed by atoms with Crippen LogP contribution in [-0.4, -0.2) is 74.0 Å². The predicted molar refractivity (Wildman–Crippen MR) is 104 cm³/mol. The van der Waals surface area contributed by atoms with Gasteiger partial charge in [-0.05, 0) is 37.8 Å². The molecule has 4 rings (SSSR count). The van der Waals surface area contributed by atoms with Crippen molar-refractivity contribution in [1.29, 1.82) is 0 Å². The quantitative estimate of drug-likeness (QED) is 0.769. The second-order valence-corrected chi connectivity index (χ2v) is 10.5. The van der Waals surface area contributed by atoms with Crippen LogP contribution in [0.3, 0.4) is 0 Å². The summed E-state index contributed by atoms with van der Waals surface area (Å²) in [5, 5.41) is -0.206. The Morgan fingerprint density at radius 2 is 2.04 bits per heavy atom. The minimum atomic E-state index is -3.23. The lowest BCUT2D eigenvalue weighted by molar-refractivity contribution is -0.141. The van der Waals surface area contributed by atoms with E-state index in [9.17, 15) is 13.2 Å². The zero-order valence-electron chi connectivity index (χ0n) is 16.0. The summed E-state index contributed by atoms with van der Waals surface area (Å²) in [5.41, 5.74) is -0.547. The van der Waals surface area contributed by atoms with Crippen molar-refractivity contribution in [2.24, 2.45) is 11.3 Å². The first-order valence-corrected chi connectivity index (χ1v) is 11.2. The molecule has 0 spiro atoms. The molecule has 1 amide bonds. The van der Waals surface area contributed by atoms with Crippen molar-refractivity contribution in [2.45, 2.75) is 30.9 Å². The zero-order chi connectivity index (χ0) is 19.2. The Hall–Kier alpha value is -1.67. The summed E-state index contributed by atoms with van der Waals surface area (Å²) >= 11 is 0. The third kappa shape index (κ3) is 3.23. The van der Waals surface area contributed by atoms with Crippen molar-refractivity contribution in [3.8, 4) is 0 Å². The van der Waals surface area contributed by atoms with Gasteiger partial charge in [0.1, 0.15) is 5.82 Å². The van der Waals surface area contributed by atoms with Gasteiger partial charge < -0.3 is 9.80 Å². The van der Waals surface area contributed by atoms with Gasteiger partial charge in [0.05, 0.1) is 10.7 Å². The van der Waals surface area contributed by atoms with E-state index in [1.165, 1.54) is 0 Å². The van der Waals surface area contributed by atoms with Crippen LogP contribution in [0.5, 0.6) is 0 Å². The lowest BCUT2D eigenvalue weighted by Crippen LogP contribution is -2.47. The molecule has 2 saturated heterocycles. The van der Waals surface area contributed by atoms with Gasteiger partial charge in [-0.15, -0.1) is 0 Å². The molecule has 8 heteroatoms. The number of fused-ring (bicyclic) bond motifs is 1. The molecule has 3 fully saturated rings. The van der Waals surface area contributed by atoms with Crippen LogP contribution in [0.15, 0.2) is 24.4 Å². The number of nitrogens with zero attached hydrogens (tertiary/aromatic N) is 4. The lowest BCUT2D eigenvalue weighted by atomic mass is 9.74. The molecular formula is C19H28N4O3S. The van der Waals surface area contributed by atoms with Crippen LogP contribution in [-0.2, 0) is 14.8 Å². The molecule has 2 atom stereocenters. The summed E-state index contributed by atoms with van der Waals surface area (Å²) in [6.07, 6.45) is 4.73. The van der Waals surface area contributed by atoms with Crippen LogP contribution in [0, 0.1) is 11.3 Å². The number of carbonyl (C=O) groups excluding carboxylic acids is 1. The first kappa shape index (κ1) is 18.7. The van der Waals surface area contributed by atoms with E-state index in [1.54, 1.807) is 29.5 Å². The molecule has 2 aliphatic heterocycles. The highest BCUT2D eigenvalue weighted by Crippen LogP contribution is 2.46. The molecule has 0 bridgehead atoms. The Labute approximate surface area is 161 Å². The van der Waals surface area contributed by atoms with E-state index in [1.807, 2.05) is 18.2 Å². The van der Waals surface area contributed by atoms with Gasteiger partial charge in [0.2, 0.25) is 15.9 Å². The lowest BCUT2D eigenvalue weighted by Gasteiger charge is -2.34. The van der Waals surface area contributed by atoms with E-state index in [2.05, 4.69) is 9.88 Å². The van der Waals surface area contributed by atoms with Crippen molar-refractivity contribution >= 4 is 21.7 Å². The first-order chi connectivity index (χ1) is 12.8. The maximum absolute atomic E-state index is 13.2. The van der Waals surface area contributed by atoms with Gasteiger partial charge in [0, 0.05) is 52.4 Å². The normalized spacial score (nSPS) is 29.3. The highest BCUT2D eigenvalue weighted by Gasteiger charge is 2.55. The number of carbonyl (C=O) groups is 1. The molecule has 1 aliphatic carbocycles. The van der Waals surface area contributed by atoms with Crippen molar-refractivity contribution in [3.05, 3.63) is 24.4 Å². The Bertz CT molecular complexity index is 810. The molecule has 0 aromatic carbocycles. The highest BCUT2D eigenvalue weighted by atomic mass is 32.2. The van der Waals surface area contributed by atoms with Crippen LogP contribution in [0.2, 0.25) is 0 Å². The zero-order valence-corrected chi connectivity index (χ0v) is 16.9. The Morgan fingerprint density at radius 3 is 2.67 bits per heavy atom. The molecule has 1 aromatic rings. The number of amides is 1. The van der Waals surface area contributed by atoms with Crippen LogP contribution < -0.4 is 4.90 Å². The molecule has 0 unspecified atom stereocenters. The van der Waals surface area contributed by atoms with Crippen LogP contribution in [0.1, 0.15) is 25.7 Å². The molecule has 0 N–H and O–H groups in total. The number of rotatable bonds is 4. The average molecular weight is 393 g/mol. The highest BCUT2D eigenvalue weighted by molar-refractivity contribution is 7.90. The third-order valence-electron chi connectivity index (χ3n) is 6.26. The Kier molecular flexibility index (Phi) is 4.66. The minimum Gasteiger partial charge on any atom is -0.355 e. The molecule has 7 nitrogen and oxygen atoms in total. The fourth-order valence-corrected chi connectivity index (χ4v) is 6.64. The summed E-state index contributed by atoms with van der Waals surface area (Å²) < 4.78 is 27.4. The second kappa shape index (κ2) is 6.74. The van der Waals surface area contributed by atoms with Gasteiger partial charge in [-0.2, -0.15) is 0 Å². The van der Waals surface area contributed by atoms with Gasteiger partial charge in [-0.1, -0.05) is 6.07 Å². The maximum atomic E-state index is 13.2. The number of sulfonamides is 1. The predicted octanol–water partition coefficient (Wildman–Crippen LogP) is 1.18. The van der Waals surface area contributed by atoms with E-state index in [4.69, 9.17) is 0 Å². The van der Waals surface area contributed by atoms with Gasteiger partial charge in [0.25, 0.3) is 0 Å². The summed E-state index contributed by atoms with van der Waals surface area (Å²) in [5.74, 6) is 0.940. The molecule has 27 heavy (non-hydrogen) atoms. The second-order valence-electron chi connectivity index (χ2n) is 8.33. The number of hydrogen-bond donors (Lipinski definition) is 0. The van der Waals surface area contributed by atoms with Crippen molar-refractivity contribution in [3.63, 3.8) is 0 Å². The third-order valence-corrected chi connectivity index (χ3v) is 8.63. The van der Waals surface area contributed by atoms with Crippen molar-refractivity contribution in [2.75, 3.05) is 45.2 Å². The fourth-order valence-electron chi connectivity index (χ4n) is 4.72. The van der Waals surface area contributed by atoms with E-state index >= 15 is 0 Å². The SMILES string of the molecule is CN(C)C(=O)[C@]12CCCN(S(=O)(=O)C3CC3)C[C@H]1CN(c1ccccn1)C2.